The van der Waals surface area contributed by atoms with Gasteiger partial charge in [-0.2, -0.15) is 0 Å². The molecule has 5 heterocycles. The quantitative estimate of drug-likeness (QED) is 0.0919. The minimum atomic E-state index is -1.20. The van der Waals surface area contributed by atoms with Gasteiger partial charge in [0, 0.05) is 26.3 Å². The number of carboxylic acid groups (broad SMARTS) is 1. The van der Waals surface area contributed by atoms with Gasteiger partial charge in [0.25, 0.3) is 0 Å². The van der Waals surface area contributed by atoms with Gasteiger partial charge in [0.2, 0.25) is 11.8 Å². The van der Waals surface area contributed by atoms with Crippen LogP contribution in [0.25, 0.3) is 55.1 Å². The molecule has 6 aromatic rings. The molecule has 4 amide bonds. The third kappa shape index (κ3) is 8.04. The molecule has 9 rings (SSSR count). The van der Waals surface area contributed by atoms with Crippen molar-refractivity contribution in [2.24, 2.45) is 11.8 Å². The first-order valence-corrected chi connectivity index (χ1v) is 21.6. The number of rotatable bonds is 10. The molecule has 3 aliphatic heterocycles. The molecule has 1 unspecified atom stereocenters. The SMILES string of the molecule is COC(=O)N[C@H](C(=O)N1CCCC1c1nc2cc(-c3ccc4cc(-c5ccc6[nH]c([C@@H]7CCCN7C(=O)[C@@H](NC(=O)O)C7CCOCC7)nc6c5)ccc4c3)ccc2[nH]1)C(C)C. The Morgan fingerprint density at radius 2 is 1.21 bits per heavy atom. The number of fused-ring (bicyclic) bond motifs is 3. The lowest BCUT2D eigenvalue weighted by Crippen LogP contribution is -2.52. The number of carbonyl (C=O) groups excluding carboxylic acids is 3. The summed E-state index contributed by atoms with van der Waals surface area (Å²) in [4.78, 5) is 71.8. The third-order valence-electron chi connectivity index (χ3n) is 12.9. The number of benzene rings is 4. The van der Waals surface area contributed by atoms with E-state index in [1.165, 1.54) is 7.11 Å². The molecule has 4 aromatic carbocycles. The molecular formula is C47H52N8O7. The van der Waals surface area contributed by atoms with Crippen molar-refractivity contribution in [1.82, 2.24) is 40.4 Å². The number of aromatic nitrogens is 4. The topological polar surface area (TPSA) is 195 Å². The van der Waals surface area contributed by atoms with E-state index in [2.05, 4.69) is 81.3 Å². The van der Waals surface area contributed by atoms with Gasteiger partial charge in [-0.3, -0.25) is 9.59 Å². The minimum Gasteiger partial charge on any atom is -0.465 e. The number of carbonyl (C=O) groups is 4. The third-order valence-corrected chi connectivity index (χ3v) is 12.9. The molecule has 3 saturated heterocycles. The maximum Gasteiger partial charge on any atom is 0.407 e. The van der Waals surface area contributed by atoms with Crippen LogP contribution >= 0.6 is 0 Å². The Labute approximate surface area is 358 Å². The molecular weight excluding hydrogens is 789 g/mol. The molecule has 15 heteroatoms. The highest BCUT2D eigenvalue weighted by atomic mass is 16.5. The summed E-state index contributed by atoms with van der Waals surface area (Å²) in [5.41, 5.74) is 7.56. The van der Waals surface area contributed by atoms with E-state index < -0.39 is 24.3 Å². The smallest absolute Gasteiger partial charge is 0.407 e. The van der Waals surface area contributed by atoms with E-state index in [1.807, 2.05) is 30.9 Å². The number of imidazole rings is 2. The van der Waals surface area contributed by atoms with Crippen molar-refractivity contribution in [2.45, 2.75) is 76.5 Å². The van der Waals surface area contributed by atoms with Crippen molar-refractivity contribution in [3.63, 3.8) is 0 Å². The summed E-state index contributed by atoms with van der Waals surface area (Å²) in [5, 5.41) is 17.0. The number of amides is 4. The zero-order valence-corrected chi connectivity index (χ0v) is 35.1. The molecule has 0 aliphatic carbocycles. The summed E-state index contributed by atoms with van der Waals surface area (Å²) >= 11 is 0. The van der Waals surface area contributed by atoms with Crippen LogP contribution in [0.2, 0.25) is 0 Å². The summed E-state index contributed by atoms with van der Waals surface area (Å²) in [6, 6.07) is 23.2. The second-order valence-electron chi connectivity index (χ2n) is 17.1. The van der Waals surface area contributed by atoms with Gasteiger partial charge in [0.1, 0.15) is 23.7 Å². The van der Waals surface area contributed by atoms with Crippen LogP contribution in [0, 0.1) is 11.8 Å². The first-order chi connectivity index (χ1) is 30.0. The van der Waals surface area contributed by atoms with Crippen molar-refractivity contribution in [1.29, 1.82) is 0 Å². The first-order valence-electron chi connectivity index (χ1n) is 21.6. The molecule has 2 aromatic heterocycles. The highest BCUT2D eigenvalue weighted by Crippen LogP contribution is 2.37. The number of likely N-dealkylation sites (tertiary alicyclic amines) is 2. The second kappa shape index (κ2) is 17.1. The molecule has 5 N–H and O–H groups in total. The Hall–Kier alpha value is -6.48. The van der Waals surface area contributed by atoms with E-state index in [0.29, 0.717) is 45.0 Å². The van der Waals surface area contributed by atoms with Crippen LogP contribution in [-0.2, 0) is 19.1 Å². The molecule has 4 atom stereocenters. The first kappa shape index (κ1) is 40.9. The summed E-state index contributed by atoms with van der Waals surface area (Å²) in [7, 11) is 1.29. The van der Waals surface area contributed by atoms with Crippen molar-refractivity contribution in [3.8, 4) is 22.3 Å². The lowest BCUT2D eigenvalue weighted by Gasteiger charge is -2.33. The predicted octanol–water partition coefficient (Wildman–Crippen LogP) is 7.70. The van der Waals surface area contributed by atoms with Crippen LogP contribution in [0.1, 0.15) is 76.1 Å². The van der Waals surface area contributed by atoms with E-state index >= 15 is 0 Å². The van der Waals surface area contributed by atoms with Gasteiger partial charge in [-0.05, 0) is 120 Å². The lowest BCUT2D eigenvalue weighted by molar-refractivity contribution is -0.137. The number of alkyl carbamates (subject to hydrolysis) is 1. The van der Waals surface area contributed by atoms with E-state index in [1.54, 1.807) is 4.90 Å². The molecule has 62 heavy (non-hydrogen) atoms. The average molecular weight is 841 g/mol. The Kier molecular flexibility index (Phi) is 11.3. The van der Waals surface area contributed by atoms with Crippen LogP contribution in [-0.4, -0.2) is 104 Å². The molecule has 3 fully saturated rings. The largest absolute Gasteiger partial charge is 0.465 e. The molecule has 0 saturated carbocycles. The van der Waals surface area contributed by atoms with E-state index in [9.17, 15) is 24.3 Å². The number of hydrogen-bond acceptors (Lipinski definition) is 8. The minimum absolute atomic E-state index is 0.112. The number of aromatic amines is 2. The molecule has 0 radical (unpaired) electrons. The Morgan fingerprint density at radius 3 is 1.71 bits per heavy atom. The number of nitrogens with one attached hydrogen (secondary N) is 4. The number of methoxy groups -OCH3 is 1. The summed E-state index contributed by atoms with van der Waals surface area (Å²) in [6.45, 7) is 5.98. The Bertz CT molecular complexity index is 2670. The molecule has 0 bridgehead atoms. The van der Waals surface area contributed by atoms with Gasteiger partial charge in [-0.1, -0.05) is 50.2 Å². The standard InChI is InChI=1S/C47H52N8O7/c1-26(2)40(53-47(60)61-3)44(56)54-18-4-6-38(54)42-48-34-14-12-32(24-36(34)50-42)30-10-8-29-23-31(11-9-28(29)22-30)33-13-15-35-37(25-33)51-43(49-35)39-7-5-19-55(39)45(57)41(52-46(58)59)27-16-20-62-21-17-27/h8-15,22-27,38-41,52H,4-7,16-21H2,1-3H3,(H,48,50)(H,49,51)(H,53,60)(H,58,59)/t38?,39-,40-,41-/m0/s1. The fourth-order valence-electron chi connectivity index (χ4n) is 9.58. The van der Waals surface area contributed by atoms with E-state index in [4.69, 9.17) is 19.4 Å². The summed E-state index contributed by atoms with van der Waals surface area (Å²) < 4.78 is 10.3. The van der Waals surface area contributed by atoms with Gasteiger partial charge in [-0.25, -0.2) is 19.6 Å². The van der Waals surface area contributed by atoms with Gasteiger partial charge < -0.3 is 45.0 Å². The predicted molar refractivity (Wildman–Crippen MR) is 234 cm³/mol. The summed E-state index contributed by atoms with van der Waals surface area (Å²) in [5.74, 6) is 0.877. The van der Waals surface area contributed by atoms with E-state index in [-0.39, 0.29) is 35.7 Å². The van der Waals surface area contributed by atoms with Crippen LogP contribution in [0.15, 0.2) is 72.8 Å². The van der Waals surface area contributed by atoms with Gasteiger partial charge in [0.05, 0.1) is 41.3 Å². The number of hydrogen-bond donors (Lipinski definition) is 5. The Morgan fingerprint density at radius 1 is 0.710 bits per heavy atom. The summed E-state index contributed by atoms with van der Waals surface area (Å²) in [6.07, 6.45) is 2.62. The van der Waals surface area contributed by atoms with E-state index in [0.717, 1.165) is 86.6 Å². The van der Waals surface area contributed by atoms with Crippen LogP contribution in [0.3, 0.4) is 0 Å². The van der Waals surface area contributed by atoms with Crippen LogP contribution in [0.5, 0.6) is 0 Å². The zero-order valence-electron chi connectivity index (χ0n) is 35.1. The maximum atomic E-state index is 13.9. The Balaban J connectivity index is 0.915. The molecule has 15 nitrogen and oxygen atoms in total. The maximum absolute atomic E-state index is 13.9. The number of ether oxygens (including phenoxy) is 2. The highest BCUT2D eigenvalue weighted by molar-refractivity contribution is 5.93. The highest BCUT2D eigenvalue weighted by Gasteiger charge is 2.40. The van der Waals surface area contributed by atoms with Crippen molar-refractivity contribution < 1.29 is 33.8 Å². The van der Waals surface area contributed by atoms with Gasteiger partial charge >= 0.3 is 12.2 Å². The van der Waals surface area contributed by atoms with Crippen LogP contribution < -0.4 is 10.6 Å². The van der Waals surface area contributed by atoms with Crippen LogP contribution in [0.4, 0.5) is 9.59 Å². The van der Waals surface area contributed by atoms with Gasteiger partial charge in [0.15, 0.2) is 0 Å². The molecule has 322 valence electrons. The number of nitrogens with zero attached hydrogens (tertiary/aromatic N) is 4. The monoisotopic (exact) mass is 840 g/mol. The van der Waals surface area contributed by atoms with Gasteiger partial charge in [-0.15, -0.1) is 0 Å². The fourth-order valence-corrected chi connectivity index (χ4v) is 9.58. The van der Waals surface area contributed by atoms with Crippen molar-refractivity contribution >= 4 is 56.8 Å². The average Bonchev–Trinajstić information content (AvgIpc) is 4.12. The molecule has 3 aliphatic rings. The second-order valence-corrected chi connectivity index (χ2v) is 17.1. The number of H-pyrrole nitrogens is 2. The fraction of sp³-hybridized carbons (Fsp3) is 0.404. The normalized spacial score (nSPS) is 19.4. The molecule has 0 spiro atoms. The van der Waals surface area contributed by atoms with Crippen molar-refractivity contribution in [3.05, 3.63) is 84.4 Å². The lowest BCUT2D eigenvalue weighted by atomic mass is 9.90. The zero-order chi connectivity index (χ0) is 43.1. The van der Waals surface area contributed by atoms with Crippen molar-refractivity contribution in [2.75, 3.05) is 33.4 Å².